The predicted molar refractivity (Wildman–Crippen MR) is 96.9 cm³/mol. The first-order valence-corrected chi connectivity index (χ1v) is 8.83. The van der Waals surface area contributed by atoms with Crippen molar-refractivity contribution in [1.29, 1.82) is 0 Å². The van der Waals surface area contributed by atoms with Crippen LogP contribution in [0.25, 0.3) is 20.5 Å². The van der Waals surface area contributed by atoms with Gasteiger partial charge < -0.3 is 0 Å². The van der Waals surface area contributed by atoms with E-state index in [1.165, 1.54) is 37.2 Å². The number of fused-ring (bicyclic) bond motifs is 1. The highest BCUT2D eigenvalue weighted by Gasteiger charge is 2.11. The minimum Gasteiger partial charge on any atom is -0.134 e. The maximum atomic E-state index is 3.65. The smallest absolute Gasteiger partial charge is 0.0502 e. The molecule has 2 aromatic carbocycles. The second-order valence-corrected chi connectivity index (χ2v) is 7.88. The Morgan fingerprint density at radius 3 is 2.05 bits per heavy atom. The normalized spacial score (nSPS) is 11.2. The molecule has 3 rings (SSSR count). The lowest BCUT2D eigenvalue weighted by Crippen LogP contribution is -1.87. The predicted octanol–water partition coefficient (Wildman–Crippen LogP) is 7.02. The van der Waals surface area contributed by atoms with E-state index in [0.29, 0.717) is 0 Å². The molecule has 3 heteroatoms. The van der Waals surface area contributed by atoms with Crippen LogP contribution in [0.15, 0.2) is 39.3 Å². The average molecular weight is 410 g/mol. The summed E-state index contributed by atoms with van der Waals surface area (Å²) in [7, 11) is 0. The van der Waals surface area contributed by atoms with Gasteiger partial charge in [-0.15, -0.1) is 11.3 Å². The van der Waals surface area contributed by atoms with Gasteiger partial charge in [-0.05, 0) is 77.2 Å². The molecule has 20 heavy (non-hydrogen) atoms. The molecule has 0 radical (unpaired) electrons. The minimum absolute atomic E-state index is 1.15. The first kappa shape index (κ1) is 14.3. The van der Waals surface area contributed by atoms with Crippen molar-refractivity contribution in [3.05, 3.63) is 56.0 Å². The summed E-state index contributed by atoms with van der Waals surface area (Å²) in [4.78, 5) is 1.32. The topological polar surface area (TPSA) is 0 Å². The van der Waals surface area contributed by atoms with Crippen molar-refractivity contribution in [2.75, 3.05) is 0 Å². The first-order chi connectivity index (χ1) is 9.47. The third-order valence-corrected chi connectivity index (χ3v) is 6.63. The number of thiophene rings is 1. The fraction of sp³-hybridized carbons (Fsp3) is 0.176. The van der Waals surface area contributed by atoms with Crippen LogP contribution >= 0.6 is 43.2 Å². The van der Waals surface area contributed by atoms with Crippen molar-refractivity contribution in [2.24, 2.45) is 0 Å². The van der Waals surface area contributed by atoms with Gasteiger partial charge >= 0.3 is 0 Å². The molecule has 0 N–H and O–H groups in total. The summed E-state index contributed by atoms with van der Waals surface area (Å²) in [6.45, 7) is 6.56. The second-order valence-electron chi connectivity index (χ2n) is 5.12. The van der Waals surface area contributed by atoms with Gasteiger partial charge in [-0.3, -0.25) is 0 Å². The Kier molecular flexibility index (Phi) is 3.78. The number of aryl methyl sites for hydroxylation is 2. The molecular weight excluding hydrogens is 396 g/mol. The molecule has 0 aliphatic carbocycles. The van der Waals surface area contributed by atoms with Crippen LogP contribution in [0.2, 0.25) is 0 Å². The molecule has 0 saturated heterocycles. The van der Waals surface area contributed by atoms with Crippen molar-refractivity contribution in [3.63, 3.8) is 0 Å². The fourth-order valence-corrected chi connectivity index (χ4v) is 4.62. The van der Waals surface area contributed by atoms with Gasteiger partial charge in [0, 0.05) is 19.2 Å². The van der Waals surface area contributed by atoms with Gasteiger partial charge in [-0.1, -0.05) is 28.1 Å². The maximum Gasteiger partial charge on any atom is 0.0502 e. The number of hydrogen-bond acceptors (Lipinski definition) is 1. The molecule has 0 atom stereocenters. The zero-order valence-corrected chi connectivity index (χ0v) is 15.5. The lowest BCUT2D eigenvalue weighted by atomic mass is 10.00. The van der Waals surface area contributed by atoms with Crippen molar-refractivity contribution in [3.8, 4) is 10.4 Å². The number of benzene rings is 2. The van der Waals surface area contributed by atoms with E-state index < -0.39 is 0 Å². The molecule has 0 unspecified atom stereocenters. The van der Waals surface area contributed by atoms with Gasteiger partial charge in [-0.25, -0.2) is 0 Å². The molecule has 0 aliphatic heterocycles. The zero-order valence-electron chi connectivity index (χ0n) is 11.6. The Morgan fingerprint density at radius 2 is 1.45 bits per heavy atom. The molecule has 3 aromatic rings. The van der Waals surface area contributed by atoms with Gasteiger partial charge in [0.05, 0.1) is 4.70 Å². The molecule has 0 amide bonds. The third-order valence-electron chi connectivity index (χ3n) is 3.79. The van der Waals surface area contributed by atoms with Gasteiger partial charge in [0.15, 0.2) is 0 Å². The van der Waals surface area contributed by atoms with E-state index in [1.807, 2.05) is 11.3 Å². The highest BCUT2D eigenvalue weighted by atomic mass is 79.9. The SMILES string of the molecule is Cc1cc(-c2cc3c(Br)ccc(Br)c3s2)cc(C)c1C. The standard InChI is InChI=1S/C17H14Br2S/c1-9-6-12(7-10(2)11(9)3)16-8-13-14(18)4-5-15(19)17(13)20-16/h4-8H,1-3H3. The van der Waals surface area contributed by atoms with Crippen molar-refractivity contribution < 1.29 is 0 Å². The molecule has 0 fully saturated rings. The Bertz CT molecular complexity index is 753. The Morgan fingerprint density at radius 1 is 0.850 bits per heavy atom. The van der Waals surface area contributed by atoms with Crippen molar-refractivity contribution >= 4 is 53.3 Å². The molecule has 0 aliphatic rings. The highest BCUT2D eigenvalue weighted by Crippen LogP contribution is 2.41. The molecule has 0 saturated carbocycles. The average Bonchev–Trinajstić information content (AvgIpc) is 2.86. The van der Waals surface area contributed by atoms with Crippen LogP contribution in [-0.2, 0) is 0 Å². The monoisotopic (exact) mass is 408 g/mol. The molecule has 0 spiro atoms. The summed E-state index contributed by atoms with van der Waals surface area (Å²) >= 11 is 9.13. The van der Waals surface area contributed by atoms with E-state index in [9.17, 15) is 0 Å². The Hall–Kier alpha value is -0.640. The van der Waals surface area contributed by atoms with Gasteiger partial charge in [0.2, 0.25) is 0 Å². The van der Waals surface area contributed by atoms with E-state index >= 15 is 0 Å². The third kappa shape index (κ3) is 2.36. The van der Waals surface area contributed by atoms with E-state index in [2.05, 4.69) is 83.0 Å². The van der Waals surface area contributed by atoms with E-state index in [0.717, 1.165) is 8.95 Å². The van der Waals surface area contributed by atoms with Crippen LogP contribution in [0.4, 0.5) is 0 Å². The summed E-state index contributed by atoms with van der Waals surface area (Å²) in [5.41, 5.74) is 5.41. The lowest BCUT2D eigenvalue weighted by molar-refractivity contribution is 1.27. The largest absolute Gasteiger partial charge is 0.134 e. The van der Waals surface area contributed by atoms with Crippen LogP contribution in [-0.4, -0.2) is 0 Å². The maximum absolute atomic E-state index is 3.65. The zero-order chi connectivity index (χ0) is 14.4. The van der Waals surface area contributed by atoms with Crippen molar-refractivity contribution in [2.45, 2.75) is 20.8 Å². The molecule has 102 valence electrons. The number of rotatable bonds is 1. The van der Waals surface area contributed by atoms with E-state index in [4.69, 9.17) is 0 Å². The van der Waals surface area contributed by atoms with Gasteiger partial charge in [0.1, 0.15) is 0 Å². The van der Waals surface area contributed by atoms with E-state index in [1.54, 1.807) is 0 Å². The quantitative estimate of drug-likeness (QED) is 0.405. The Labute approximate surface area is 140 Å². The Balaban J connectivity index is 2.25. The molecule has 1 heterocycles. The number of hydrogen-bond donors (Lipinski definition) is 0. The van der Waals surface area contributed by atoms with Crippen LogP contribution in [0.5, 0.6) is 0 Å². The van der Waals surface area contributed by atoms with Crippen LogP contribution < -0.4 is 0 Å². The summed E-state index contributed by atoms with van der Waals surface area (Å²) in [5, 5.41) is 1.27. The van der Waals surface area contributed by atoms with Crippen LogP contribution in [0.1, 0.15) is 16.7 Å². The lowest BCUT2D eigenvalue weighted by Gasteiger charge is -2.07. The first-order valence-electron chi connectivity index (χ1n) is 6.43. The summed E-state index contributed by atoms with van der Waals surface area (Å²) in [6.07, 6.45) is 0. The van der Waals surface area contributed by atoms with Crippen LogP contribution in [0.3, 0.4) is 0 Å². The fourth-order valence-electron chi connectivity index (χ4n) is 2.38. The molecular formula is C17H14Br2S. The van der Waals surface area contributed by atoms with Crippen molar-refractivity contribution in [1.82, 2.24) is 0 Å². The highest BCUT2D eigenvalue weighted by molar-refractivity contribution is 9.11. The second kappa shape index (κ2) is 5.28. The summed E-state index contributed by atoms with van der Waals surface area (Å²) in [5.74, 6) is 0. The molecule has 0 bridgehead atoms. The van der Waals surface area contributed by atoms with Gasteiger partial charge in [-0.2, -0.15) is 0 Å². The summed E-state index contributed by atoms with van der Waals surface area (Å²) < 4.78 is 3.61. The number of halogens is 2. The molecule has 0 nitrogen and oxygen atoms in total. The minimum atomic E-state index is 1.15. The van der Waals surface area contributed by atoms with E-state index in [-0.39, 0.29) is 0 Å². The van der Waals surface area contributed by atoms with Crippen LogP contribution in [0, 0.1) is 20.8 Å². The summed E-state index contributed by atoms with van der Waals surface area (Å²) in [6, 6.07) is 11.0. The molecule has 1 aromatic heterocycles. The van der Waals surface area contributed by atoms with Gasteiger partial charge in [0.25, 0.3) is 0 Å².